The Morgan fingerprint density at radius 2 is 1.76 bits per heavy atom. The second-order valence-corrected chi connectivity index (χ2v) is 9.52. The van der Waals surface area contributed by atoms with Gasteiger partial charge in [-0.25, -0.2) is 4.57 Å². The molecule has 29 heavy (non-hydrogen) atoms. The second kappa shape index (κ2) is 16.5. The molecule has 1 aliphatic rings. The van der Waals surface area contributed by atoms with Gasteiger partial charge in [0.15, 0.2) is 0 Å². The van der Waals surface area contributed by atoms with E-state index in [9.17, 15) is 4.57 Å². The molecule has 0 radical (unpaired) electrons. The number of nitrogens with zero attached hydrogens (tertiary/aromatic N) is 1. The molecule has 1 saturated heterocycles. The normalized spacial score (nSPS) is 19.4. The van der Waals surface area contributed by atoms with Crippen LogP contribution in [0.4, 0.5) is 0 Å². The summed E-state index contributed by atoms with van der Waals surface area (Å²) < 4.78 is 15.6. The predicted molar refractivity (Wildman–Crippen MR) is 121 cm³/mol. The number of nitrogens with one attached hydrogen (secondary N) is 1. The fourth-order valence-electron chi connectivity index (χ4n) is 4.28. The lowest BCUT2D eigenvalue weighted by atomic mass is 9.91. The lowest BCUT2D eigenvalue weighted by Crippen LogP contribution is -2.43. The molecular formula is C22H45N2O4P. The molecule has 0 aliphatic carbocycles. The van der Waals surface area contributed by atoms with Gasteiger partial charge in [0, 0.05) is 19.6 Å². The Bertz CT molecular complexity index is 470. The minimum atomic E-state index is -4.38. The highest BCUT2D eigenvalue weighted by atomic mass is 31.2. The zero-order chi connectivity index (χ0) is 21.4. The van der Waals surface area contributed by atoms with Crippen LogP contribution in [0.1, 0.15) is 90.9 Å². The summed E-state index contributed by atoms with van der Waals surface area (Å²) in [6, 6.07) is 0. The van der Waals surface area contributed by atoms with Crippen molar-refractivity contribution in [3.8, 4) is 0 Å². The average Bonchev–Trinajstić information content (AvgIpc) is 3.13. The van der Waals surface area contributed by atoms with Crippen molar-refractivity contribution in [2.45, 2.75) is 97.1 Å². The van der Waals surface area contributed by atoms with E-state index in [0.29, 0.717) is 18.6 Å². The smallest absolute Gasteiger partial charge is 0.303 e. The molecule has 0 aromatic heterocycles. The van der Waals surface area contributed by atoms with Crippen molar-refractivity contribution < 1.29 is 18.9 Å². The first-order valence-electron chi connectivity index (χ1n) is 11.8. The molecule has 0 amide bonds. The Balaban J connectivity index is 2.46. The largest absolute Gasteiger partial charge is 0.469 e. The molecule has 3 N–H and O–H groups in total. The average molecular weight is 433 g/mol. The first kappa shape index (κ1) is 26.8. The van der Waals surface area contributed by atoms with E-state index in [1.165, 1.54) is 77.0 Å². The van der Waals surface area contributed by atoms with Crippen molar-refractivity contribution in [1.82, 2.24) is 10.2 Å². The first-order valence-corrected chi connectivity index (χ1v) is 13.3. The van der Waals surface area contributed by atoms with Crippen molar-refractivity contribution >= 4 is 7.82 Å². The monoisotopic (exact) mass is 432 g/mol. The minimum absolute atomic E-state index is 0.0789. The van der Waals surface area contributed by atoms with E-state index < -0.39 is 7.82 Å². The number of hydrogen-bond donors (Lipinski definition) is 3. The Morgan fingerprint density at radius 1 is 1.10 bits per heavy atom. The van der Waals surface area contributed by atoms with E-state index >= 15 is 0 Å². The zero-order valence-electron chi connectivity index (χ0n) is 18.7. The molecule has 0 saturated carbocycles. The highest BCUT2D eigenvalue weighted by molar-refractivity contribution is 7.46. The van der Waals surface area contributed by atoms with E-state index in [1.54, 1.807) is 0 Å². The van der Waals surface area contributed by atoms with Gasteiger partial charge in [0.05, 0.1) is 12.8 Å². The van der Waals surface area contributed by atoms with E-state index in [0.717, 1.165) is 13.1 Å². The van der Waals surface area contributed by atoms with Crippen LogP contribution in [0, 0.1) is 5.92 Å². The number of allylic oxidation sites excluding steroid dienone is 2. The van der Waals surface area contributed by atoms with E-state index in [-0.39, 0.29) is 6.61 Å². The Kier molecular flexibility index (Phi) is 15.2. The van der Waals surface area contributed by atoms with Gasteiger partial charge in [-0.3, -0.25) is 9.42 Å². The van der Waals surface area contributed by atoms with Gasteiger partial charge >= 0.3 is 7.82 Å². The minimum Gasteiger partial charge on any atom is -0.303 e. The summed E-state index contributed by atoms with van der Waals surface area (Å²) in [4.78, 5) is 20.2. The van der Waals surface area contributed by atoms with Crippen molar-refractivity contribution in [3.63, 3.8) is 0 Å². The topological polar surface area (TPSA) is 82.0 Å². The van der Waals surface area contributed by atoms with Crippen molar-refractivity contribution in [1.29, 1.82) is 0 Å². The molecule has 0 aromatic carbocycles. The number of rotatable bonds is 18. The van der Waals surface area contributed by atoms with Crippen LogP contribution in [0.3, 0.4) is 0 Å². The third-order valence-electron chi connectivity index (χ3n) is 5.84. The molecule has 1 heterocycles. The van der Waals surface area contributed by atoms with Gasteiger partial charge < -0.3 is 15.1 Å². The summed E-state index contributed by atoms with van der Waals surface area (Å²) in [7, 11) is -4.38. The van der Waals surface area contributed by atoms with E-state index in [1.807, 2.05) is 0 Å². The molecular weight excluding hydrogens is 387 g/mol. The van der Waals surface area contributed by atoms with Gasteiger partial charge in [0.2, 0.25) is 0 Å². The lowest BCUT2D eigenvalue weighted by molar-refractivity contribution is 0.118. The second-order valence-electron chi connectivity index (χ2n) is 8.28. The maximum Gasteiger partial charge on any atom is 0.469 e. The summed E-state index contributed by atoms with van der Waals surface area (Å²) in [6.45, 7) is 6.83. The van der Waals surface area contributed by atoms with E-state index in [4.69, 9.17) is 9.79 Å². The van der Waals surface area contributed by atoms with Crippen LogP contribution in [-0.4, -0.2) is 47.1 Å². The molecule has 172 valence electrons. The van der Waals surface area contributed by atoms with Crippen molar-refractivity contribution in [2.24, 2.45) is 5.92 Å². The highest BCUT2D eigenvalue weighted by Gasteiger charge is 2.31. The molecule has 7 heteroatoms. The number of phosphoric acid groups is 1. The summed E-state index contributed by atoms with van der Waals surface area (Å²) in [5, 5.41) is 3.64. The first-order chi connectivity index (χ1) is 14.0. The molecule has 1 aliphatic heterocycles. The van der Waals surface area contributed by atoms with Crippen LogP contribution in [0.5, 0.6) is 0 Å². The van der Waals surface area contributed by atoms with E-state index in [2.05, 4.69) is 40.7 Å². The van der Waals surface area contributed by atoms with Crippen LogP contribution in [0.25, 0.3) is 0 Å². The van der Waals surface area contributed by atoms with Crippen LogP contribution in [0.15, 0.2) is 12.2 Å². The third kappa shape index (κ3) is 13.6. The van der Waals surface area contributed by atoms with Crippen molar-refractivity contribution in [2.75, 3.05) is 26.2 Å². The maximum atomic E-state index is 11.0. The number of unbranched alkanes of at least 4 members (excludes halogenated alkanes) is 8. The van der Waals surface area contributed by atoms with Crippen LogP contribution in [0.2, 0.25) is 0 Å². The Hall–Kier alpha value is -0.230. The highest BCUT2D eigenvalue weighted by Crippen LogP contribution is 2.35. The SMILES string of the molecule is CC=CCCCCCC(CCCCCCCC)C1NCCN1CCOP(=O)(O)O. The molecule has 0 aromatic rings. The molecule has 0 bridgehead atoms. The fraction of sp³-hybridized carbons (Fsp3) is 0.909. The van der Waals surface area contributed by atoms with Crippen LogP contribution < -0.4 is 5.32 Å². The molecule has 6 nitrogen and oxygen atoms in total. The summed E-state index contributed by atoms with van der Waals surface area (Å²) in [6.07, 6.45) is 20.0. The summed E-state index contributed by atoms with van der Waals surface area (Å²) >= 11 is 0. The standard InChI is InChI=1S/C22H45N2O4P/c1-3-5-7-9-11-13-15-21(16-14-12-10-8-6-4-2)22-23-17-18-24(22)19-20-28-29(25,26)27/h3,5,21-23H,4,6-20H2,1-2H3,(H2,25,26,27). The van der Waals surface area contributed by atoms with Gasteiger partial charge in [-0.2, -0.15) is 0 Å². The maximum absolute atomic E-state index is 11.0. The van der Waals surface area contributed by atoms with Gasteiger partial charge in [0.25, 0.3) is 0 Å². The zero-order valence-corrected chi connectivity index (χ0v) is 19.6. The van der Waals surface area contributed by atoms with Crippen LogP contribution in [-0.2, 0) is 9.09 Å². The molecule has 2 unspecified atom stereocenters. The van der Waals surface area contributed by atoms with Gasteiger partial charge in [-0.15, -0.1) is 0 Å². The third-order valence-corrected chi connectivity index (χ3v) is 6.36. The lowest BCUT2D eigenvalue weighted by Gasteiger charge is -2.32. The van der Waals surface area contributed by atoms with Crippen LogP contribution >= 0.6 is 7.82 Å². The number of phosphoric ester groups is 1. The Morgan fingerprint density at radius 3 is 2.41 bits per heavy atom. The summed E-state index contributed by atoms with van der Waals surface area (Å²) in [5.74, 6) is 0.598. The van der Waals surface area contributed by atoms with Crippen molar-refractivity contribution in [3.05, 3.63) is 12.2 Å². The van der Waals surface area contributed by atoms with Gasteiger partial charge in [0.1, 0.15) is 0 Å². The quantitative estimate of drug-likeness (QED) is 0.156. The molecule has 2 atom stereocenters. The fourth-order valence-corrected chi connectivity index (χ4v) is 4.60. The Labute approximate surface area is 178 Å². The number of hydrogen-bond acceptors (Lipinski definition) is 4. The summed E-state index contributed by atoms with van der Waals surface area (Å²) in [5.41, 5.74) is 0. The van der Waals surface area contributed by atoms with Gasteiger partial charge in [-0.1, -0.05) is 70.4 Å². The van der Waals surface area contributed by atoms with Gasteiger partial charge in [-0.05, 0) is 38.5 Å². The predicted octanol–water partition coefficient (Wildman–Crippen LogP) is 5.22. The molecule has 1 rings (SSSR count). The molecule has 1 fully saturated rings. The molecule has 0 spiro atoms.